The average Bonchev–Trinajstić information content (AvgIpc) is 3.40. The molecular weight excluding hydrogens is 446 g/mol. The zero-order chi connectivity index (χ0) is 21.3. The fourth-order valence-corrected chi connectivity index (χ4v) is 5.53. The maximum atomic E-state index is 13.5. The predicted octanol–water partition coefficient (Wildman–Crippen LogP) is 3.15. The molecule has 1 unspecified atom stereocenters. The Kier molecular flexibility index (Phi) is 4.02. The van der Waals surface area contributed by atoms with Gasteiger partial charge in [0.25, 0.3) is 5.91 Å². The molecule has 1 aromatic carbocycles. The van der Waals surface area contributed by atoms with Crippen molar-refractivity contribution in [2.75, 3.05) is 5.32 Å². The summed E-state index contributed by atoms with van der Waals surface area (Å²) >= 11 is 3.59. The number of amides is 2. The van der Waals surface area contributed by atoms with E-state index in [4.69, 9.17) is 0 Å². The van der Waals surface area contributed by atoms with E-state index >= 15 is 0 Å². The summed E-state index contributed by atoms with van der Waals surface area (Å²) in [7, 11) is 0. The molecule has 0 saturated carbocycles. The number of aromatic amines is 1. The Labute approximate surface area is 182 Å². The van der Waals surface area contributed by atoms with Crippen LogP contribution >= 0.6 is 15.9 Å². The minimum absolute atomic E-state index is 0.174. The van der Waals surface area contributed by atoms with Crippen LogP contribution in [0.2, 0.25) is 0 Å². The lowest BCUT2D eigenvalue weighted by Crippen LogP contribution is -2.59. The molecule has 2 aromatic rings. The van der Waals surface area contributed by atoms with Gasteiger partial charge in [0.2, 0.25) is 5.91 Å². The molecular formula is C22H22BrN5O2. The number of benzene rings is 1. The van der Waals surface area contributed by atoms with E-state index < -0.39 is 11.5 Å². The molecule has 30 heavy (non-hydrogen) atoms. The van der Waals surface area contributed by atoms with Gasteiger partial charge < -0.3 is 20.5 Å². The highest BCUT2D eigenvalue weighted by atomic mass is 79.9. The number of H-pyrrole nitrogens is 1. The van der Waals surface area contributed by atoms with Crippen molar-refractivity contribution in [3.63, 3.8) is 0 Å². The number of carbonyl (C=O) groups excluding carboxylic acids is 2. The minimum atomic E-state index is -0.555. The van der Waals surface area contributed by atoms with Crippen molar-refractivity contribution in [3.8, 4) is 0 Å². The Morgan fingerprint density at radius 3 is 2.87 bits per heavy atom. The normalized spacial score (nSPS) is 28.6. The van der Waals surface area contributed by atoms with Gasteiger partial charge in [-0.05, 0) is 41.7 Å². The van der Waals surface area contributed by atoms with Crippen molar-refractivity contribution in [2.24, 2.45) is 5.41 Å². The molecule has 0 spiro atoms. The fraction of sp³-hybridized carbons (Fsp3) is 0.318. The predicted molar refractivity (Wildman–Crippen MR) is 117 cm³/mol. The molecule has 5 rings (SSSR count). The summed E-state index contributed by atoms with van der Waals surface area (Å²) < 4.78 is 0.961. The van der Waals surface area contributed by atoms with Gasteiger partial charge in [-0.1, -0.05) is 35.9 Å². The van der Waals surface area contributed by atoms with Crippen LogP contribution < -0.4 is 10.6 Å². The number of rotatable bonds is 3. The lowest BCUT2D eigenvalue weighted by Gasteiger charge is -2.43. The van der Waals surface area contributed by atoms with Crippen LogP contribution in [0.5, 0.6) is 0 Å². The van der Waals surface area contributed by atoms with Crippen molar-refractivity contribution < 1.29 is 9.59 Å². The monoisotopic (exact) mass is 467 g/mol. The van der Waals surface area contributed by atoms with Gasteiger partial charge in [-0.3, -0.25) is 9.59 Å². The molecule has 1 aromatic heterocycles. The van der Waals surface area contributed by atoms with Crippen molar-refractivity contribution >= 4 is 39.5 Å². The Morgan fingerprint density at radius 2 is 2.17 bits per heavy atom. The smallest absolute Gasteiger partial charge is 0.272 e. The first-order valence-corrected chi connectivity index (χ1v) is 10.6. The number of fused-ring (bicyclic) bond motifs is 5. The van der Waals surface area contributed by atoms with E-state index in [-0.39, 0.29) is 29.1 Å². The van der Waals surface area contributed by atoms with Crippen LogP contribution in [0, 0.1) is 5.41 Å². The van der Waals surface area contributed by atoms with Crippen molar-refractivity contribution in [1.29, 1.82) is 0 Å². The standard InChI is InChI=1S/C22H22BrN5O2/c1-4-21(2,3)22-9-17-18(29)26-16(8-13-10-24-11-25-13)19(30)28(17)20(22)27-15-6-5-12(23)7-14(15)22/h4-8,10-11,17,20,27H,1,9H2,2-3H3,(H,24,25)(H,26,29)/b16-8+/t17-,20?,22+/m0/s1. The Hall–Kier alpha value is -2.87. The summed E-state index contributed by atoms with van der Waals surface area (Å²) in [6.07, 6.45) is 6.85. The van der Waals surface area contributed by atoms with Gasteiger partial charge in [0, 0.05) is 15.6 Å². The number of allylic oxidation sites excluding steroid dienone is 1. The van der Waals surface area contributed by atoms with Crippen molar-refractivity contribution in [1.82, 2.24) is 20.2 Å². The molecule has 3 aliphatic heterocycles. The molecule has 0 radical (unpaired) electrons. The van der Waals surface area contributed by atoms with Gasteiger partial charge in [-0.2, -0.15) is 0 Å². The maximum absolute atomic E-state index is 13.5. The molecule has 2 fully saturated rings. The second-order valence-electron chi connectivity index (χ2n) is 8.62. The average molecular weight is 468 g/mol. The minimum Gasteiger partial charge on any atom is -0.364 e. The van der Waals surface area contributed by atoms with Crippen molar-refractivity contribution in [2.45, 2.75) is 37.9 Å². The first-order valence-electron chi connectivity index (χ1n) is 9.82. The van der Waals surface area contributed by atoms with Gasteiger partial charge in [-0.15, -0.1) is 6.58 Å². The number of aromatic nitrogens is 2. The summed E-state index contributed by atoms with van der Waals surface area (Å²) in [6.45, 7) is 8.32. The van der Waals surface area contributed by atoms with Gasteiger partial charge in [0.05, 0.1) is 18.2 Å². The summed E-state index contributed by atoms with van der Waals surface area (Å²) in [5, 5.41) is 6.35. The van der Waals surface area contributed by atoms with Gasteiger partial charge in [0.15, 0.2) is 0 Å². The lowest BCUT2D eigenvalue weighted by molar-refractivity contribution is -0.141. The second-order valence-corrected chi connectivity index (χ2v) is 9.54. The van der Waals surface area contributed by atoms with Crippen LogP contribution in [0.4, 0.5) is 5.69 Å². The number of halogens is 1. The third kappa shape index (κ3) is 2.40. The van der Waals surface area contributed by atoms with E-state index in [1.165, 1.54) is 6.33 Å². The van der Waals surface area contributed by atoms with Crippen LogP contribution in [0.3, 0.4) is 0 Å². The number of nitrogens with zero attached hydrogens (tertiary/aromatic N) is 2. The number of hydrogen-bond donors (Lipinski definition) is 3. The molecule has 154 valence electrons. The highest BCUT2D eigenvalue weighted by molar-refractivity contribution is 9.10. The third-order valence-corrected chi connectivity index (χ3v) is 7.35. The quantitative estimate of drug-likeness (QED) is 0.477. The molecule has 8 heteroatoms. The van der Waals surface area contributed by atoms with E-state index in [1.807, 2.05) is 18.2 Å². The van der Waals surface area contributed by atoms with Crippen LogP contribution in [-0.2, 0) is 15.0 Å². The molecule has 4 heterocycles. The summed E-state index contributed by atoms with van der Waals surface area (Å²) in [4.78, 5) is 35.3. The third-order valence-electron chi connectivity index (χ3n) is 6.86. The topological polar surface area (TPSA) is 90.1 Å². The number of imidazole rings is 1. The molecule has 2 amide bonds. The zero-order valence-electron chi connectivity index (χ0n) is 16.7. The number of hydrogen-bond acceptors (Lipinski definition) is 4. The molecule has 2 saturated heterocycles. The van der Waals surface area contributed by atoms with E-state index in [0.29, 0.717) is 12.1 Å². The van der Waals surface area contributed by atoms with E-state index in [0.717, 1.165) is 15.7 Å². The highest BCUT2D eigenvalue weighted by Gasteiger charge is 2.66. The largest absolute Gasteiger partial charge is 0.364 e. The van der Waals surface area contributed by atoms with Crippen LogP contribution in [-0.4, -0.2) is 38.9 Å². The van der Waals surface area contributed by atoms with E-state index in [1.54, 1.807) is 17.2 Å². The maximum Gasteiger partial charge on any atom is 0.272 e. The Bertz CT molecular complexity index is 1110. The van der Waals surface area contributed by atoms with Crippen LogP contribution in [0.25, 0.3) is 6.08 Å². The summed E-state index contributed by atoms with van der Waals surface area (Å²) in [5.74, 6) is -0.382. The number of piperazine rings is 1. The number of carbonyl (C=O) groups is 2. The molecule has 3 atom stereocenters. The molecule has 0 bridgehead atoms. The van der Waals surface area contributed by atoms with Crippen LogP contribution in [0.15, 0.2) is 53.5 Å². The number of nitrogens with one attached hydrogen (secondary N) is 3. The first kappa shape index (κ1) is 19.1. The van der Waals surface area contributed by atoms with Crippen LogP contribution in [0.1, 0.15) is 31.5 Å². The fourth-order valence-electron chi connectivity index (χ4n) is 5.17. The first-order chi connectivity index (χ1) is 14.3. The molecule has 3 N–H and O–H groups in total. The molecule has 0 aliphatic carbocycles. The van der Waals surface area contributed by atoms with Gasteiger partial charge in [-0.25, -0.2) is 4.98 Å². The van der Waals surface area contributed by atoms with Crippen molar-refractivity contribution in [3.05, 3.63) is 64.8 Å². The zero-order valence-corrected chi connectivity index (χ0v) is 18.3. The highest BCUT2D eigenvalue weighted by Crippen LogP contribution is 2.60. The Morgan fingerprint density at radius 1 is 1.37 bits per heavy atom. The van der Waals surface area contributed by atoms with E-state index in [2.05, 4.69) is 63.0 Å². The number of anilines is 1. The molecule has 7 nitrogen and oxygen atoms in total. The lowest BCUT2D eigenvalue weighted by atomic mass is 9.60. The second kappa shape index (κ2) is 6.31. The molecule has 3 aliphatic rings. The van der Waals surface area contributed by atoms with Gasteiger partial charge >= 0.3 is 0 Å². The van der Waals surface area contributed by atoms with E-state index in [9.17, 15) is 9.59 Å². The SMILES string of the molecule is C=CC(C)(C)[C@@]12C[C@H]3C(=O)N/C(=C/c4cnc[nH]4)C(=O)N3C1Nc1ccc(Br)cc12. The summed E-state index contributed by atoms with van der Waals surface area (Å²) in [6, 6.07) is 5.53. The van der Waals surface area contributed by atoms with Gasteiger partial charge in [0.1, 0.15) is 17.9 Å². The summed E-state index contributed by atoms with van der Waals surface area (Å²) in [5.41, 5.74) is 2.11. The Balaban J connectivity index is 1.66.